The van der Waals surface area contributed by atoms with Crippen LogP contribution in [0.15, 0.2) is 30.5 Å². The first-order valence-electron chi connectivity index (χ1n) is 9.28. The number of amides is 2. The number of carbonyl (C=O) groups is 2. The lowest BCUT2D eigenvalue weighted by atomic mass is 10.0. The smallest absolute Gasteiger partial charge is 0.273 e. The Morgan fingerprint density at radius 3 is 2.64 bits per heavy atom. The van der Waals surface area contributed by atoms with Crippen molar-refractivity contribution in [3.63, 3.8) is 0 Å². The van der Waals surface area contributed by atoms with Crippen LogP contribution in [0, 0.1) is 0 Å². The van der Waals surface area contributed by atoms with Crippen molar-refractivity contribution in [1.82, 2.24) is 25.2 Å². The van der Waals surface area contributed by atoms with E-state index >= 15 is 0 Å². The Balaban J connectivity index is 1.49. The quantitative estimate of drug-likeness (QED) is 0.708. The first kappa shape index (κ1) is 20.3. The lowest BCUT2D eigenvalue weighted by Crippen LogP contribution is -2.40. The van der Waals surface area contributed by atoms with Gasteiger partial charge in [-0.25, -0.2) is 4.68 Å². The molecular formula is C19H24ClN5O3. The van der Waals surface area contributed by atoms with Crippen LogP contribution in [-0.4, -0.2) is 65.1 Å². The van der Waals surface area contributed by atoms with Crippen LogP contribution in [0.5, 0.6) is 0 Å². The molecule has 2 amide bonds. The number of piperidine rings is 1. The average Bonchev–Trinajstić information content (AvgIpc) is 3.20. The Hall–Kier alpha value is -2.45. The summed E-state index contributed by atoms with van der Waals surface area (Å²) in [6.45, 7) is 2.19. The molecule has 1 saturated heterocycles. The predicted molar refractivity (Wildman–Crippen MR) is 104 cm³/mol. The van der Waals surface area contributed by atoms with Crippen molar-refractivity contribution in [1.29, 1.82) is 0 Å². The number of hydrogen-bond donors (Lipinski definition) is 1. The van der Waals surface area contributed by atoms with Crippen LogP contribution >= 0.6 is 11.6 Å². The molecule has 0 atom stereocenters. The summed E-state index contributed by atoms with van der Waals surface area (Å²) in [5.74, 6) is -0.156. The van der Waals surface area contributed by atoms with Crippen molar-refractivity contribution in [2.75, 3.05) is 33.4 Å². The van der Waals surface area contributed by atoms with Gasteiger partial charge in [0.05, 0.1) is 25.3 Å². The molecule has 9 heteroatoms. The number of halogens is 1. The summed E-state index contributed by atoms with van der Waals surface area (Å²) in [6, 6.07) is 7.48. The molecule has 1 aromatic carbocycles. The van der Waals surface area contributed by atoms with Crippen LogP contribution in [0.2, 0.25) is 5.02 Å². The van der Waals surface area contributed by atoms with Gasteiger partial charge in [0.2, 0.25) is 5.91 Å². The van der Waals surface area contributed by atoms with Crippen LogP contribution < -0.4 is 5.32 Å². The molecule has 1 aliphatic rings. The van der Waals surface area contributed by atoms with Gasteiger partial charge in [-0.05, 0) is 30.5 Å². The predicted octanol–water partition coefficient (Wildman–Crippen LogP) is 1.71. The van der Waals surface area contributed by atoms with Gasteiger partial charge in [-0.2, -0.15) is 0 Å². The molecule has 1 N–H and O–H groups in total. The molecule has 1 aromatic heterocycles. The van der Waals surface area contributed by atoms with Gasteiger partial charge < -0.3 is 15.0 Å². The van der Waals surface area contributed by atoms with Crippen LogP contribution in [0.4, 0.5) is 0 Å². The first-order valence-corrected chi connectivity index (χ1v) is 9.66. The van der Waals surface area contributed by atoms with Gasteiger partial charge in [0, 0.05) is 31.8 Å². The Morgan fingerprint density at radius 2 is 1.96 bits per heavy atom. The summed E-state index contributed by atoms with van der Waals surface area (Å²) in [5, 5.41) is 11.4. The van der Waals surface area contributed by atoms with E-state index in [-0.39, 0.29) is 23.6 Å². The number of hydrogen-bond acceptors (Lipinski definition) is 5. The van der Waals surface area contributed by atoms with Crippen molar-refractivity contribution < 1.29 is 14.3 Å². The lowest BCUT2D eigenvalue weighted by Gasteiger charge is -2.32. The zero-order valence-electron chi connectivity index (χ0n) is 15.8. The maximum Gasteiger partial charge on any atom is 0.273 e. The van der Waals surface area contributed by atoms with Gasteiger partial charge in [-0.3, -0.25) is 9.59 Å². The van der Waals surface area contributed by atoms with E-state index in [2.05, 4.69) is 15.6 Å². The molecule has 2 aromatic rings. The second-order valence-electron chi connectivity index (χ2n) is 6.75. The van der Waals surface area contributed by atoms with E-state index in [4.69, 9.17) is 16.3 Å². The second-order valence-corrected chi connectivity index (χ2v) is 7.18. The fourth-order valence-corrected chi connectivity index (χ4v) is 3.31. The molecule has 1 fully saturated rings. The Labute approximate surface area is 168 Å². The number of nitrogens with zero attached hydrogens (tertiary/aromatic N) is 4. The summed E-state index contributed by atoms with van der Waals surface area (Å²) in [5.41, 5.74) is 1.24. The van der Waals surface area contributed by atoms with Crippen molar-refractivity contribution in [2.45, 2.75) is 25.3 Å². The van der Waals surface area contributed by atoms with Crippen molar-refractivity contribution in [3.8, 4) is 0 Å². The van der Waals surface area contributed by atoms with Crippen LogP contribution in [0.3, 0.4) is 0 Å². The van der Waals surface area contributed by atoms with E-state index in [9.17, 15) is 9.59 Å². The fraction of sp³-hybridized carbons (Fsp3) is 0.474. The van der Waals surface area contributed by atoms with Gasteiger partial charge in [-0.15, -0.1) is 5.10 Å². The van der Waals surface area contributed by atoms with Gasteiger partial charge in [0.25, 0.3) is 5.91 Å². The minimum absolute atomic E-state index is 0.109. The number of aromatic nitrogens is 3. The molecule has 0 unspecified atom stereocenters. The fourth-order valence-electron chi connectivity index (χ4n) is 3.18. The third-order valence-electron chi connectivity index (χ3n) is 4.79. The highest BCUT2D eigenvalue weighted by Gasteiger charge is 2.25. The summed E-state index contributed by atoms with van der Waals surface area (Å²) in [7, 11) is 1.58. The van der Waals surface area contributed by atoms with Gasteiger partial charge >= 0.3 is 0 Å². The van der Waals surface area contributed by atoms with Gasteiger partial charge in [-0.1, -0.05) is 28.9 Å². The number of ether oxygens (including phenoxy) is 1. The number of benzene rings is 1. The maximum atomic E-state index is 12.5. The summed E-state index contributed by atoms with van der Waals surface area (Å²) >= 11 is 5.88. The highest BCUT2D eigenvalue weighted by Crippen LogP contribution is 2.22. The number of nitrogens with one attached hydrogen (secondary N) is 1. The molecule has 150 valence electrons. The number of carbonyl (C=O) groups excluding carboxylic acids is 2. The van der Waals surface area contributed by atoms with Crippen LogP contribution in [0.1, 0.15) is 34.9 Å². The molecule has 3 rings (SSSR count). The molecule has 0 spiro atoms. The SMILES string of the molecule is COCCNC(=O)c1cn(C2CCN(C(=O)Cc3ccc(Cl)cc3)CC2)nn1. The van der Waals surface area contributed by atoms with E-state index in [1.54, 1.807) is 30.1 Å². The van der Waals surface area contributed by atoms with E-state index < -0.39 is 0 Å². The van der Waals surface area contributed by atoms with E-state index in [0.29, 0.717) is 37.7 Å². The summed E-state index contributed by atoms with van der Waals surface area (Å²) in [4.78, 5) is 26.4. The largest absolute Gasteiger partial charge is 0.383 e. The molecule has 28 heavy (non-hydrogen) atoms. The maximum absolute atomic E-state index is 12.5. The molecule has 0 aliphatic carbocycles. The zero-order valence-corrected chi connectivity index (χ0v) is 16.6. The first-order chi connectivity index (χ1) is 13.6. The average molecular weight is 406 g/mol. The number of methoxy groups -OCH3 is 1. The minimum Gasteiger partial charge on any atom is -0.383 e. The van der Waals surface area contributed by atoms with Crippen molar-refractivity contribution in [3.05, 3.63) is 46.7 Å². The third kappa shape index (κ3) is 5.30. The van der Waals surface area contributed by atoms with E-state index in [1.165, 1.54) is 0 Å². The van der Waals surface area contributed by atoms with Crippen LogP contribution in [-0.2, 0) is 16.0 Å². The molecule has 2 heterocycles. The summed E-state index contributed by atoms with van der Waals surface area (Å²) in [6.07, 6.45) is 3.59. The zero-order chi connectivity index (χ0) is 19.9. The number of likely N-dealkylation sites (tertiary alicyclic amines) is 1. The Bertz CT molecular complexity index is 800. The molecule has 1 aliphatic heterocycles. The van der Waals surface area contributed by atoms with Gasteiger partial charge in [0.15, 0.2) is 5.69 Å². The monoisotopic (exact) mass is 405 g/mol. The highest BCUT2D eigenvalue weighted by molar-refractivity contribution is 6.30. The molecule has 0 bridgehead atoms. The highest BCUT2D eigenvalue weighted by atomic mass is 35.5. The molecule has 0 saturated carbocycles. The lowest BCUT2D eigenvalue weighted by molar-refractivity contribution is -0.131. The van der Waals surface area contributed by atoms with Crippen molar-refractivity contribution >= 4 is 23.4 Å². The topological polar surface area (TPSA) is 89.4 Å². The Morgan fingerprint density at radius 1 is 1.25 bits per heavy atom. The number of rotatable bonds is 7. The third-order valence-corrected chi connectivity index (χ3v) is 5.05. The van der Waals surface area contributed by atoms with Gasteiger partial charge in [0.1, 0.15) is 0 Å². The molecule has 0 radical (unpaired) electrons. The van der Waals surface area contributed by atoms with Crippen molar-refractivity contribution in [2.24, 2.45) is 0 Å². The second kappa shape index (κ2) is 9.66. The minimum atomic E-state index is -0.265. The molecule has 8 nitrogen and oxygen atoms in total. The normalized spacial score (nSPS) is 14.9. The standard InChI is InChI=1S/C19H24ClN5O3/c1-28-11-8-21-19(27)17-13-25(23-22-17)16-6-9-24(10-7-16)18(26)12-14-2-4-15(20)5-3-14/h2-5,13,16H,6-12H2,1H3,(H,21,27). The van der Waals surface area contributed by atoms with E-state index in [0.717, 1.165) is 18.4 Å². The van der Waals surface area contributed by atoms with E-state index in [1.807, 2.05) is 17.0 Å². The Kier molecular flexibility index (Phi) is 7.00. The molecular weight excluding hydrogens is 382 g/mol. The summed E-state index contributed by atoms with van der Waals surface area (Å²) < 4.78 is 6.63. The van der Waals surface area contributed by atoms with Crippen LogP contribution in [0.25, 0.3) is 0 Å².